The average Bonchev–Trinajstić information content (AvgIpc) is 3.45. The van der Waals surface area contributed by atoms with Crippen molar-refractivity contribution < 1.29 is 13.6 Å². The third-order valence-corrected chi connectivity index (χ3v) is 7.22. The molecule has 1 amide bonds. The summed E-state index contributed by atoms with van der Waals surface area (Å²) in [6, 6.07) is 6.79. The highest BCUT2D eigenvalue weighted by atomic mass is 32.1. The molecule has 4 N–H and O–H groups in total. The first-order valence-corrected chi connectivity index (χ1v) is 11.1. The maximum atomic E-state index is 14.7. The van der Waals surface area contributed by atoms with Crippen molar-refractivity contribution in [2.24, 2.45) is 0 Å². The predicted molar refractivity (Wildman–Crippen MR) is 119 cm³/mol. The lowest BCUT2D eigenvalue weighted by Gasteiger charge is -2.30. The van der Waals surface area contributed by atoms with Gasteiger partial charge in [0.25, 0.3) is 5.91 Å². The number of carbonyl (C=O) groups excluding carboxylic acids is 1. The normalized spacial score (nSPS) is 20.0. The number of fused-ring (bicyclic) bond motifs is 3. The first-order valence-electron chi connectivity index (χ1n) is 10.3. The van der Waals surface area contributed by atoms with E-state index in [2.05, 4.69) is 15.6 Å². The van der Waals surface area contributed by atoms with Crippen molar-refractivity contribution >= 4 is 38.8 Å². The Bertz CT molecular complexity index is 1180. The van der Waals surface area contributed by atoms with Crippen molar-refractivity contribution in [2.45, 2.75) is 31.8 Å². The summed E-state index contributed by atoms with van der Waals surface area (Å²) in [6.45, 7) is 3.54. The van der Waals surface area contributed by atoms with Gasteiger partial charge in [0.1, 0.15) is 21.3 Å². The number of carbonyl (C=O) groups is 1. The Morgan fingerprint density at radius 3 is 2.94 bits per heavy atom. The predicted octanol–water partition coefficient (Wildman–Crippen LogP) is 2.99. The van der Waals surface area contributed by atoms with Crippen LogP contribution >= 0.6 is 11.3 Å². The average molecular weight is 444 g/mol. The molecule has 2 saturated heterocycles. The molecule has 2 aliphatic rings. The van der Waals surface area contributed by atoms with Crippen molar-refractivity contribution in [1.29, 1.82) is 0 Å². The van der Waals surface area contributed by atoms with Crippen LogP contribution in [0.5, 0.6) is 0 Å². The van der Waals surface area contributed by atoms with Gasteiger partial charge in [0.05, 0.1) is 11.4 Å². The van der Waals surface area contributed by atoms with Gasteiger partial charge >= 0.3 is 0 Å². The van der Waals surface area contributed by atoms with E-state index in [-0.39, 0.29) is 30.5 Å². The highest BCUT2D eigenvalue weighted by Gasteiger charge is 2.38. The molecule has 4 heterocycles. The van der Waals surface area contributed by atoms with Crippen LogP contribution < -0.4 is 21.3 Å². The number of halogens is 2. The second-order valence-corrected chi connectivity index (χ2v) is 9.20. The Hall–Kier alpha value is -2.78. The number of piperazine rings is 1. The molecule has 2 aliphatic heterocycles. The van der Waals surface area contributed by atoms with Crippen molar-refractivity contribution in [3.8, 4) is 0 Å². The van der Waals surface area contributed by atoms with E-state index in [9.17, 15) is 13.6 Å². The molecular weight excluding hydrogens is 420 g/mol. The van der Waals surface area contributed by atoms with Gasteiger partial charge in [-0.1, -0.05) is 0 Å². The molecule has 0 radical (unpaired) electrons. The standard InChI is InChI=1S/C22H23F2N5OS/c1-11-2-3-15-19(25)20(31-22(15)28-11)21(30)26-5-4-12-6-17(24)18(8-16(12)23)29-10-13-7-14(29)9-27-13/h2-3,6,8,13-14,27H,4-5,7,9-10,25H2,1H3,(H,26,30)/t13-,14-/m1/s1. The van der Waals surface area contributed by atoms with Gasteiger partial charge in [0.2, 0.25) is 0 Å². The monoisotopic (exact) mass is 443 g/mol. The van der Waals surface area contributed by atoms with Crippen molar-refractivity contribution in [2.75, 3.05) is 30.3 Å². The van der Waals surface area contributed by atoms with Crippen LogP contribution in [0.25, 0.3) is 10.2 Å². The molecule has 0 unspecified atom stereocenters. The maximum Gasteiger partial charge on any atom is 0.263 e. The number of aromatic nitrogens is 1. The van der Waals surface area contributed by atoms with Gasteiger partial charge in [-0.3, -0.25) is 4.79 Å². The first-order chi connectivity index (χ1) is 14.9. The van der Waals surface area contributed by atoms with Crippen LogP contribution in [-0.2, 0) is 6.42 Å². The Kier molecular flexibility index (Phi) is 5.02. The van der Waals surface area contributed by atoms with Crippen LogP contribution in [0.3, 0.4) is 0 Å². The summed E-state index contributed by atoms with van der Waals surface area (Å²) in [4.78, 5) is 20.0. The minimum Gasteiger partial charge on any atom is -0.397 e. The van der Waals surface area contributed by atoms with E-state index in [0.29, 0.717) is 33.7 Å². The lowest BCUT2D eigenvalue weighted by Crippen LogP contribution is -2.44. The van der Waals surface area contributed by atoms with E-state index in [1.807, 2.05) is 24.0 Å². The maximum absolute atomic E-state index is 14.7. The number of thiophene rings is 1. The third kappa shape index (κ3) is 3.61. The summed E-state index contributed by atoms with van der Waals surface area (Å²) in [6.07, 6.45) is 1.15. The lowest BCUT2D eigenvalue weighted by molar-refractivity contribution is 0.0959. The zero-order valence-electron chi connectivity index (χ0n) is 17.0. The fourth-order valence-electron chi connectivity index (χ4n) is 4.49. The van der Waals surface area contributed by atoms with Gasteiger partial charge < -0.3 is 21.3 Å². The molecule has 0 saturated carbocycles. The Labute approximate surface area is 182 Å². The molecule has 31 heavy (non-hydrogen) atoms. The molecule has 162 valence electrons. The smallest absolute Gasteiger partial charge is 0.263 e. The highest BCUT2D eigenvalue weighted by molar-refractivity contribution is 7.21. The van der Waals surface area contributed by atoms with Crippen molar-refractivity contribution in [1.82, 2.24) is 15.6 Å². The fourth-order valence-corrected chi connectivity index (χ4v) is 5.55. The molecule has 2 atom stereocenters. The zero-order valence-corrected chi connectivity index (χ0v) is 17.9. The minimum absolute atomic E-state index is 0.174. The quantitative estimate of drug-likeness (QED) is 0.565. The van der Waals surface area contributed by atoms with E-state index in [1.54, 1.807) is 0 Å². The SMILES string of the molecule is Cc1ccc2c(N)c(C(=O)NCCc3cc(F)c(N4C[C@H]5C[C@@H]4CN5)cc3F)sc2n1. The third-order valence-electron chi connectivity index (χ3n) is 6.10. The Morgan fingerprint density at radius 1 is 1.35 bits per heavy atom. The van der Waals surface area contributed by atoms with Crippen LogP contribution in [0, 0.1) is 18.6 Å². The Morgan fingerprint density at radius 2 is 2.19 bits per heavy atom. The number of nitrogen functional groups attached to an aromatic ring is 1. The number of nitrogens with two attached hydrogens (primary N) is 1. The van der Waals surface area contributed by atoms with E-state index >= 15 is 0 Å². The van der Waals surface area contributed by atoms with Gasteiger partial charge in [-0.25, -0.2) is 13.8 Å². The van der Waals surface area contributed by atoms with E-state index in [4.69, 9.17) is 5.73 Å². The summed E-state index contributed by atoms with van der Waals surface area (Å²) in [5.41, 5.74) is 7.91. The molecule has 2 fully saturated rings. The van der Waals surface area contributed by atoms with Crippen LogP contribution in [0.15, 0.2) is 24.3 Å². The number of anilines is 2. The Balaban J connectivity index is 1.26. The first kappa shape index (κ1) is 20.1. The second-order valence-electron chi connectivity index (χ2n) is 8.20. The van der Waals surface area contributed by atoms with E-state index in [1.165, 1.54) is 23.5 Å². The number of amides is 1. The second kappa shape index (κ2) is 7.72. The van der Waals surface area contributed by atoms with Gasteiger partial charge in [0.15, 0.2) is 0 Å². The van der Waals surface area contributed by atoms with Crippen molar-refractivity contribution in [3.05, 3.63) is 52.0 Å². The molecule has 2 bridgehead atoms. The summed E-state index contributed by atoms with van der Waals surface area (Å²) < 4.78 is 29.4. The molecule has 6 nitrogen and oxygen atoms in total. The number of pyridine rings is 1. The fraction of sp³-hybridized carbons (Fsp3) is 0.364. The van der Waals surface area contributed by atoms with Gasteiger partial charge in [-0.2, -0.15) is 0 Å². The van der Waals surface area contributed by atoms with Crippen LogP contribution in [0.4, 0.5) is 20.2 Å². The largest absolute Gasteiger partial charge is 0.397 e. The lowest BCUT2D eigenvalue weighted by atomic mass is 10.1. The van der Waals surface area contributed by atoms with E-state index in [0.717, 1.165) is 24.0 Å². The summed E-state index contributed by atoms with van der Waals surface area (Å²) >= 11 is 1.23. The molecule has 9 heteroatoms. The van der Waals surface area contributed by atoms with Gasteiger partial charge in [0, 0.05) is 48.9 Å². The molecule has 3 aromatic rings. The molecule has 2 aromatic heterocycles. The van der Waals surface area contributed by atoms with Gasteiger partial charge in [-0.05, 0) is 43.5 Å². The summed E-state index contributed by atoms with van der Waals surface area (Å²) in [5.74, 6) is -1.22. The minimum atomic E-state index is -0.456. The molecule has 0 spiro atoms. The molecular formula is C22H23F2N5OS. The molecule has 0 aliphatic carbocycles. The number of nitrogens with one attached hydrogen (secondary N) is 2. The number of hydrogen-bond donors (Lipinski definition) is 3. The molecule has 5 rings (SSSR count). The van der Waals surface area contributed by atoms with E-state index < -0.39 is 11.6 Å². The molecule has 1 aromatic carbocycles. The number of benzene rings is 1. The van der Waals surface area contributed by atoms with Gasteiger partial charge in [-0.15, -0.1) is 11.3 Å². The topological polar surface area (TPSA) is 83.3 Å². The summed E-state index contributed by atoms with van der Waals surface area (Å²) in [7, 11) is 0. The number of nitrogens with zero attached hydrogens (tertiary/aromatic N) is 2. The highest BCUT2D eigenvalue weighted by Crippen LogP contribution is 2.33. The zero-order chi connectivity index (χ0) is 21.7. The van der Waals surface area contributed by atoms with Crippen LogP contribution in [0.1, 0.15) is 27.3 Å². The number of hydrogen-bond acceptors (Lipinski definition) is 6. The van der Waals surface area contributed by atoms with Crippen molar-refractivity contribution in [3.63, 3.8) is 0 Å². The number of rotatable bonds is 5. The number of aryl methyl sites for hydroxylation is 1. The summed E-state index contributed by atoms with van der Waals surface area (Å²) in [5, 5.41) is 6.86. The van der Waals surface area contributed by atoms with Crippen LogP contribution in [0.2, 0.25) is 0 Å². The van der Waals surface area contributed by atoms with Crippen LogP contribution in [-0.4, -0.2) is 42.6 Å².